The van der Waals surface area contributed by atoms with E-state index in [4.69, 9.17) is 0 Å². The molecule has 0 unspecified atom stereocenters. The van der Waals surface area contributed by atoms with Crippen molar-refractivity contribution in [2.75, 3.05) is 12.3 Å². The van der Waals surface area contributed by atoms with Gasteiger partial charge >= 0.3 is 0 Å². The van der Waals surface area contributed by atoms with Gasteiger partial charge in [-0.15, -0.1) is 0 Å². The van der Waals surface area contributed by atoms with E-state index in [1.165, 1.54) is 0 Å². The molecule has 0 aromatic heterocycles. The Kier molecular flexibility index (Phi) is 5.37. The Morgan fingerprint density at radius 1 is 0.636 bits per heavy atom. The van der Waals surface area contributed by atoms with Crippen molar-refractivity contribution in [3.63, 3.8) is 0 Å². The van der Waals surface area contributed by atoms with E-state index in [0.717, 1.165) is 0 Å². The maximum Gasteiger partial charge on any atom is 0.0876 e. The van der Waals surface area contributed by atoms with Crippen molar-refractivity contribution < 1.29 is 20.4 Å². The monoisotopic (exact) mass is 350 g/mol. The van der Waals surface area contributed by atoms with Gasteiger partial charge in [-0.25, -0.2) is 0 Å². The highest BCUT2D eigenvalue weighted by atomic mass is 31.1. The van der Waals surface area contributed by atoms with Gasteiger partial charge < -0.3 is 20.4 Å². The molecule has 6 heteroatoms. The lowest BCUT2D eigenvalue weighted by Crippen LogP contribution is -2.45. The lowest BCUT2D eigenvalue weighted by atomic mass is 10.0. The highest BCUT2D eigenvalue weighted by molar-refractivity contribution is 7.65. The van der Waals surface area contributed by atoms with Gasteiger partial charge in [0.25, 0.3) is 0 Å². The summed E-state index contributed by atoms with van der Waals surface area (Å²) >= 11 is 0. The summed E-state index contributed by atoms with van der Waals surface area (Å²) in [5, 5.41) is 41.7. The normalized spacial score (nSPS) is 47.2. The average molecular weight is 350 g/mol. The summed E-state index contributed by atoms with van der Waals surface area (Å²) in [4.78, 5) is 0. The highest BCUT2D eigenvalue weighted by Crippen LogP contribution is 2.69. The fourth-order valence-electron chi connectivity index (χ4n) is 3.90. The molecular formula is C16H32O4P2. The summed E-state index contributed by atoms with van der Waals surface area (Å²) in [5.41, 5.74) is -0.162. The third kappa shape index (κ3) is 3.39. The first-order chi connectivity index (χ1) is 9.85. The van der Waals surface area contributed by atoms with Crippen LogP contribution in [0.25, 0.3) is 0 Å². The first-order valence-electron chi connectivity index (χ1n) is 8.11. The zero-order chi connectivity index (χ0) is 17.0. The molecule has 0 amide bonds. The van der Waals surface area contributed by atoms with Gasteiger partial charge in [-0.2, -0.15) is 0 Å². The van der Waals surface area contributed by atoms with Crippen LogP contribution in [0.4, 0.5) is 0 Å². The van der Waals surface area contributed by atoms with Crippen molar-refractivity contribution in [3.05, 3.63) is 0 Å². The van der Waals surface area contributed by atoms with Gasteiger partial charge in [-0.05, 0) is 22.6 Å². The predicted molar refractivity (Wildman–Crippen MR) is 94.7 cm³/mol. The third-order valence-electron chi connectivity index (χ3n) is 5.05. The topological polar surface area (TPSA) is 80.9 Å². The van der Waals surface area contributed by atoms with Gasteiger partial charge in [0.05, 0.1) is 24.4 Å². The summed E-state index contributed by atoms with van der Waals surface area (Å²) in [6.07, 6.45) is -1.67. The Bertz CT molecular complexity index is 366. The minimum absolute atomic E-state index is 0.0185. The van der Waals surface area contributed by atoms with Crippen molar-refractivity contribution in [2.24, 2.45) is 0 Å². The van der Waals surface area contributed by atoms with Gasteiger partial charge in [0.1, 0.15) is 0 Å². The molecule has 0 aromatic rings. The zero-order valence-corrected chi connectivity index (χ0v) is 16.4. The lowest BCUT2D eigenvalue weighted by Gasteiger charge is -2.43. The van der Waals surface area contributed by atoms with Crippen LogP contribution in [0, 0.1) is 0 Å². The molecule has 2 rings (SSSR count). The van der Waals surface area contributed by atoms with Gasteiger partial charge in [0.15, 0.2) is 0 Å². The second-order valence-electron chi connectivity index (χ2n) is 8.74. The van der Waals surface area contributed by atoms with Crippen LogP contribution < -0.4 is 0 Å². The first-order valence-corrected chi connectivity index (χ1v) is 11.3. The smallest absolute Gasteiger partial charge is 0.0876 e. The van der Waals surface area contributed by atoms with E-state index >= 15 is 0 Å². The van der Waals surface area contributed by atoms with Crippen LogP contribution in [0.2, 0.25) is 0 Å². The molecule has 2 saturated heterocycles. The van der Waals surface area contributed by atoms with Crippen LogP contribution in [0.3, 0.4) is 0 Å². The Morgan fingerprint density at radius 3 is 1.14 bits per heavy atom. The van der Waals surface area contributed by atoms with Crippen LogP contribution in [-0.4, -0.2) is 78.8 Å². The van der Waals surface area contributed by atoms with Crippen molar-refractivity contribution >= 4 is 15.8 Å². The van der Waals surface area contributed by atoms with E-state index in [1.807, 2.05) is 0 Å². The zero-order valence-electron chi connectivity index (χ0n) is 14.6. The highest BCUT2D eigenvalue weighted by Gasteiger charge is 2.57. The lowest BCUT2D eigenvalue weighted by molar-refractivity contribution is 0.0130. The van der Waals surface area contributed by atoms with E-state index in [2.05, 4.69) is 41.5 Å². The Balaban J connectivity index is 2.40. The summed E-state index contributed by atoms with van der Waals surface area (Å²) in [5.74, 6) is 0. The molecule has 130 valence electrons. The Hall–Kier alpha value is 0.700. The van der Waals surface area contributed by atoms with Gasteiger partial charge in [-0.1, -0.05) is 57.4 Å². The average Bonchev–Trinajstić information content (AvgIpc) is 2.79. The number of hydrogen-bond donors (Lipinski definition) is 4. The number of aliphatic hydroxyl groups excluding tert-OH is 4. The second-order valence-corrected chi connectivity index (χ2v) is 15.2. The molecule has 2 fully saturated rings. The molecule has 0 bridgehead atoms. The minimum atomic E-state index is -0.775. The number of hydrogen-bond acceptors (Lipinski definition) is 4. The number of rotatable bonds is 1. The summed E-state index contributed by atoms with van der Waals surface area (Å²) in [6, 6.07) is 0. The summed E-state index contributed by atoms with van der Waals surface area (Å²) in [7, 11) is -1.23. The van der Waals surface area contributed by atoms with E-state index in [-0.39, 0.29) is 21.6 Å². The number of aliphatic hydroxyl groups is 4. The molecule has 22 heavy (non-hydrogen) atoms. The SMILES string of the molecule is CC(C)(C)[P@]1C[C@@H](O)[C@H](O)[C@@H]1[C@H]1[C@@H](O)[C@H](O)C[P@@]1C(C)(C)C. The van der Waals surface area contributed by atoms with Crippen molar-refractivity contribution in [1.82, 2.24) is 0 Å². The molecule has 0 spiro atoms. The molecule has 2 aliphatic rings. The van der Waals surface area contributed by atoms with E-state index < -0.39 is 40.3 Å². The van der Waals surface area contributed by atoms with Crippen LogP contribution in [0.15, 0.2) is 0 Å². The molecule has 0 aromatic carbocycles. The molecule has 0 radical (unpaired) electrons. The maximum absolute atomic E-state index is 10.6. The van der Waals surface area contributed by atoms with Crippen molar-refractivity contribution in [1.29, 1.82) is 0 Å². The fourth-order valence-corrected chi connectivity index (χ4v) is 11.7. The van der Waals surface area contributed by atoms with E-state index in [1.54, 1.807) is 0 Å². The van der Waals surface area contributed by atoms with Crippen LogP contribution in [0.5, 0.6) is 0 Å². The van der Waals surface area contributed by atoms with E-state index in [0.29, 0.717) is 12.3 Å². The van der Waals surface area contributed by atoms with Gasteiger partial charge in [-0.3, -0.25) is 0 Å². The second kappa shape index (κ2) is 6.21. The first kappa shape index (κ1) is 19.0. The molecule has 4 N–H and O–H groups in total. The molecule has 2 heterocycles. The Morgan fingerprint density at radius 2 is 0.909 bits per heavy atom. The van der Waals surface area contributed by atoms with Crippen LogP contribution in [-0.2, 0) is 0 Å². The molecular weight excluding hydrogens is 318 g/mol. The molecule has 0 aliphatic carbocycles. The van der Waals surface area contributed by atoms with Crippen molar-refractivity contribution in [3.8, 4) is 0 Å². The maximum atomic E-state index is 10.6. The third-order valence-corrected chi connectivity index (χ3v) is 13.0. The van der Waals surface area contributed by atoms with Crippen LogP contribution >= 0.6 is 15.8 Å². The van der Waals surface area contributed by atoms with E-state index in [9.17, 15) is 20.4 Å². The largest absolute Gasteiger partial charge is 0.390 e. The fraction of sp³-hybridized carbons (Fsp3) is 1.00. The van der Waals surface area contributed by atoms with Crippen molar-refractivity contribution in [2.45, 2.75) is 87.6 Å². The summed E-state index contributed by atoms with van der Waals surface area (Å²) < 4.78 is 0. The molecule has 0 saturated carbocycles. The van der Waals surface area contributed by atoms with Gasteiger partial charge in [0.2, 0.25) is 0 Å². The quantitative estimate of drug-likeness (QED) is 0.543. The predicted octanol–water partition coefficient (Wildman–Crippen LogP) is 1.76. The molecule has 8 atom stereocenters. The minimum Gasteiger partial charge on any atom is -0.390 e. The Labute approximate surface area is 136 Å². The molecule has 4 nitrogen and oxygen atoms in total. The van der Waals surface area contributed by atoms with Crippen LogP contribution in [0.1, 0.15) is 41.5 Å². The standard InChI is InChI=1S/C16H32O4P2/c1-15(2,3)21-7-9(17)11(19)13(21)14-12(20)10(18)8-22(14)16(4,5)6/h9-14,17-20H,7-8H2,1-6H3/t9-,10-,11+,12+,13-,14-,21-,22-/m1/s1. The summed E-state index contributed by atoms with van der Waals surface area (Å²) in [6.45, 7) is 13.0. The van der Waals surface area contributed by atoms with Gasteiger partial charge in [0, 0.05) is 11.3 Å². The molecule has 2 aliphatic heterocycles.